The number of hydrogen-bond donors (Lipinski definition) is 0. The molecule has 0 bridgehead atoms. The number of aromatic nitrogens is 2. The monoisotopic (exact) mass is 279 g/mol. The molecular weight excluding hydrogens is 258 g/mol. The molecule has 1 aliphatic heterocycles. The van der Waals surface area contributed by atoms with Gasteiger partial charge in [0.05, 0.1) is 18.9 Å². The van der Waals surface area contributed by atoms with E-state index in [9.17, 15) is 9.59 Å². The van der Waals surface area contributed by atoms with Crippen molar-refractivity contribution in [2.45, 2.75) is 32.7 Å². The van der Waals surface area contributed by atoms with Crippen LogP contribution in [0.2, 0.25) is 0 Å². The summed E-state index contributed by atoms with van der Waals surface area (Å²) >= 11 is 0. The minimum Gasteiger partial charge on any atom is -0.466 e. The van der Waals surface area contributed by atoms with Crippen LogP contribution in [0.4, 0.5) is 0 Å². The number of carbonyl (C=O) groups is 2. The lowest BCUT2D eigenvalue weighted by Crippen LogP contribution is -2.43. The number of amides is 1. The molecule has 0 saturated carbocycles. The lowest BCUT2D eigenvalue weighted by molar-refractivity contribution is -0.151. The van der Waals surface area contributed by atoms with Crippen LogP contribution in [0.5, 0.6) is 0 Å². The summed E-state index contributed by atoms with van der Waals surface area (Å²) < 4.78 is 6.92. The van der Waals surface area contributed by atoms with E-state index >= 15 is 0 Å². The second-order valence-electron chi connectivity index (χ2n) is 4.98. The highest BCUT2D eigenvalue weighted by atomic mass is 16.5. The van der Waals surface area contributed by atoms with Crippen LogP contribution in [0, 0.1) is 5.92 Å². The number of esters is 1. The summed E-state index contributed by atoms with van der Waals surface area (Å²) in [5.74, 6) is -0.256. The third-order valence-corrected chi connectivity index (χ3v) is 3.54. The Balaban J connectivity index is 1.81. The molecule has 1 atom stereocenters. The van der Waals surface area contributed by atoms with Crippen LogP contribution < -0.4 is 0 Å². The summed E-state index contributed by atoms with van der Waals surface area (Å²) in [6.07, 6.45) is 7.34. The van der Waals surface area contributed by atoms with Crippen molar-refractivity contribution < 1.29 is 14.3 Å². The molecular formula is C14H21N3O3. The zero-order valence-corrected chi connectivity index (χ0v) is 11.8. The maximum absolute atomic E-state index is 12.2. The second kappa shape index (κ2) is 7.07. The lowest BCUT2D eigenvalue weighted by atomic mass is 9.98. The molecule has 1 aliphatic rings. The highest BCUT2D eigenvalue weighted by molar-refractivity contribution is 5.78. The Morgan fingerprint density at radius 3 is 3.00 bits per heavy atom. The Kier molecular flexibility index (Phi) is 5.15. The first-order chi connectivity index (χ1) is 9.70. The Bertz CT molecular complexity index is 445. The molecule has 1 aromatic rings. The van der Waals surface area contributed by atoms with Crippen LogP contribution in [0.25, 0.3) is 0 Å². The van der Waals surface area contributed by atoms with Gasteiger partial charge in [-0.05, 0) is 19.8 Å². The summed E-state index contributed by atoms with van der Waals surface area (Å²) in [6, 6.07) is 0. The number of aryl methyl sites for hydroxylation is 1. The van der Waals surface area contributed by atoms with E-state index < -0.39 is 0 Å². The number of ether oxygens (including phenoxy) is 1. The van der Waals surface area contributed by atoms with Gasteiger partial charge >= 0.3 is 5.97 Å². The Hall–Kier alpha value is -1.85. The first-order valence-corrected chi connectivity index (χ1v) is 7.11. The van der Waals surface area contributed by atoms with Gasteiger partial charge in [-0.2, -0.15) is 0 Å². The third-order valence-electron chi connectivity index (χ3n) is 3.54. The Morgan fingerprint density at radius 2 is 2.30 bits per heavy atom. The van der Waals surface area contributed by atoms with E-state index in [1.165, 1.54) is 0 Å². The molecule has 1 amide bonds. The van der Waals surface area contributed by atoms with Crippen molar-refractivity contribution in [2.24, 2.45) is 5.92 Å². The number of hydrogen-bond acceptors (Lipinski definition) is 4. The summed E-state index contributed by atoms with van der Waals surface area (Å²) in [5.41, 5.74) is 0. The maximum Gasteiger partial charge on any atom is 0.310 e. The van der Waals surface area contributed by atoms with E-state index in [0.717, 1.165) is 19.4 Å². The fourth-order valence-electron chi connectivity index (χ4n) is 2.46. The lowest BCUT2D eigenvalue weighted by Gasteiger charge is -2.31. The highest BCUT2D eigenvalue weighted by Crippen LogP contribution is 2.18. The predicted molar refractivity (Wildman–Crippen MR) is 72.8 cm³/mol. The van der Waals surface area contributed by atoms with E-state index in [4.69, 9.17) is 4.74 Å². The molecule has 110 valence electrons. The average Bonchev–Trinajstić information content (AvgIpc) is 2.98. The van der Waals surface area contributed by atoms with E-state index in [-0.39, 0.29) is 17.8 Å². The van der Waals surface area contributed by atoms with E-state index in [2.05, 4.69) is 4.98 Å². The molecule has 0 N–H and O–H groups in total. The molecule has 2 rings (SSSR count). The van der Waals surface area contributed by atoms with Crippen LogP contribution in [0.1, 0.15) is 26.2 Å². The van der Waals surface area contributed by atoms with Crippen LogP contribution in [0.15, 0.2) is 18.7 Å². The summed E-state index contributed by atoms with van der Waals surface area (Å²) in [5, 5.41) is 0. The number of likely N-dealkylation sites (tertiary alicyclic amines) is 1. The average molecular weight is 279 g/mol. The van der Waals surface area contributed by atoms with Gasteiger partial charge in [-0.1, -0.05) is 0 Å². The normalized spacial score (nSPS) is 18.9. The maximum atomic E-state index is 12.2. The van der Waals surface area contributed by atoms with Crippen LogP contribution >= 0.6 is 0 Å². The largest absolute Gasteiger partial charge is 0.466 e. The van der Waals surface area contributed by atoms with Gasteiger partial charge in [0.25, 0.3) is 0 Å². The van der Waals surface area contributed by atoms with Crippen LogP contribution in [-0.4, -0.2) is 46.0 Å². The van der Waals surface area contributed by atoms with Gasteiger partial charge in [0, 0.05) is 38.4 Å². The molecule has 20 heavy (non-hydrogen) atoms. The smallest absolute Gasteiger partial charge is 0.310 e. The fraction of sp³-hybridized carbons (Fsp3) is 0.643. The molecule has 6 heteroatoms. The van der Waals surface area contributed by atoms with E-state index in [0.29, 0.717) is 26.1 Å². The minimum absolute atomic E-state index is 0.0905. The molecule has 1 fully saturated rings. The quantitative estimate of drug-likeness (QED) is 0.756. The van der Waals surface area contributed by atoms with Gasteiger partial charge in [0.15, 0.2) is 0 Å². The second-order valence-corrected chi connectivity index (χ2v) is 4.98. The van der Waals surface area contributed by atoms with Crippen LogP contribution in [-0.2, 0) is 20.9 Å². The molecule has 0 aliphatic carbocycles. The molecule has 1 aromatic heterocycles. The summed E-state index contributed by atoms with van der Waals surface area (Å²) in [7, 11) is 0. The minimum atomic E-state index is -0.181. The highest BCUT2D eigenvalue weighted by Gasteiger charge is 2.28. The zero-order chi connectivity index (χ0) is 14.4. The number of nitrogens with zero attached hydrogens (tertiary/aromatic N) is 3. The predicted octanol–water partition coefficient (Wildman–Crippen LogP) is 1.07. The number of imidazole rings is 1. The van der Waals surface area contributed by atoms with Crippen molar-refractivity contribution >= 4 is 11.9 Å². The van der Waals surface area contributed by atoms with E-state index in [1.807, 2.05) is 10.8 Å². The van der Waals surface area contributed by atoms with Crippen molar-refractivity contribution in [3.63, 3.8) is 0 Å². The van der Waals surface area contributed by atoms with Crippen molar-refractivity contribution in [3.8, 4) is 0 Å². The topological polar surface area (TPSA) is 64.4 Å². The summed E-state index contributed by atoms with van der Waals surface area (Å²) in [6.45, 7) is 4.04. The van der Waals surface area contributed by atoms with Crippen molar-refractivity contribution in [1.82, 2.24) is 14.5 Å². The SMILES string of the molecule is CCOC(=O)[C@@H]1CCCN(C(=O)CCn2ccnc2)C1. The standard InChI is InChI=1S/C14H21N3O3/c1-2-20-14(19)12-4-3-7-17(10-12)13(18)5-8-16-9-6-15-11-16/h6,9,11-12H,2-5,7-8,10H2,1H3/t12-/m1/s1. The van der Waals surface area contributed by atoms with Crippen molar-refractivity contribution in [3.05, 3.63) is 18.7 Å². The fourth-order valence-corrected chi connectivity index (χ4v) is 2.46. The van der Waals surface area contributed by atoms with E-state index in [1.54, 1.807) is 24.3 Å². The first-order valence-electron chi connectivity index (χ1n) is 7.11. The molecule has 1 saturated heterocycles. The van der Waals surface area contributed by atoms with Gasteiger partial charge in [-0.3, -0.25) is 9.59 Å². The molecule has 0 unspecified atom stereocenters. The molecule has 2 heterocycles. The van der Waals surface area contributed by atoms with Gasteiger partial charge in [-0.15, -0.1) is 0 Å². The zero-order valence-electron chi connectivity index (χ0n) is 11.8. The van der Waals surface area contributed by atoms with Crippen molar-refractivity contribution in [2.75, 3.05) is 19.7 Å². The van der Waals surface area contributed by atoms with Gasteiger partial charge < -0.3 is 14.2 Å². The third kappa shape index (κ3) is 3.82. The number of piperidine rings is 1. The molecule has 0 radical (unpaired) electrons. The Morgan fingerprint density at radius 1 is 1.45 bits per heavy atom. The van der Waals surface area contributed by atoms with Gasteiger partial charge in [0.2, 0.25) is 5.91 Å². The molecule has 0 aromatic carbocycles. The van der Waals surface area contributed by atoms with Gasteiger partial charge in [-0.25, -0.2) is 4.98 Å². The Labute approximate surface area is 118 Å². The van der Waals surface area contributed by atoms with Crippen molar-refractivity contribution in [1.29, 1.82) is 0 Å². The van der Waals surface area contributed by atoms with Gasteiger partial charge in [0.1, 0.15) is 0 Å². The molecule has 6 nitrogen and oxygen atoms in total. The molecule has 0 spiro atoms. The summed E-state index contributed by atoms with van der Waals surface area (Å²) in [4.78, 5) is 29.6. The van der Waals surface area contributed by atoms with Crippen LogP contribution in [0.3, 0.4) is 0 Å². The number of carbonyl (C=O) groups excluding carboxylic acids is 2. The number of rotatable bonds is 5. The first kappa shape index (κ1) is 14.6.